The molecule has 4 heteroatoms. The van der Waals surface area contributed by atoms with E-state index < -0.39 is 0 Å². The summed E-state index contributed by atoms with van der Waals surface area (Å²) in [6.07, 6.45) is 3.78. The van der Waals surface area contributed by atoms with Crippen molar-refractivity contribution >= 4 is 11.0 Å². The maximum absolute atomic E-state index is 12.6. The molecule has 0 saturated carbocycles. The van der Waals surface area contributed by atoms with Crippen molar-refractivity contribution in [3.8, 4) is 5.75 Å². The fourth-order valence-electron chi connectivity index (χ4n) is 3.41. The average Bonchev–Trinajstić information content (AvgIpc) is 2.52. The molecular formula is C18H23NO3. The standard InChI is InChI=1S/C18H23NO3/c1-11-12(2)18(21)22-17-13(3)16(20)14(9-15(11)17)10-19-7-5-4-6-8-19/h9,20H,4-8,10H2,1-3H3. The second-order valence-corrected chi connectivity index (χ2v) is 6.49. The molecule has 0 amide bonds. The molecule has 3 rings (SSSR count). The van der Waals surface area contributed by atoms with E-state index in [9.17, 15) is 9.90 Å². The van der Waals surface area contributed by atoms with Crippen LogP contribution >= 0.6 is 0 Å². The van der Waals surface area contributed by atoms with Crippen molar-refractivity contribution in [1.29, 1.82) is 0 Å². The predicted octanol–water partition coefficient (Wildman–Crippen LogP) is 1.36. The Morgan fingerprint density at radius 1 is 1.09 bits per heavy atom. The zero-order chi connectivity index (χ0) is 15.9. The molecule has 1 saturated heterocycles. The number of piperidine rings is 1. The van der Waals surface area contributed by atoms with Crippen molar-refractivity contribution in [2.24, 2.45) is 0 Å². The first-order chi connectivity index (χ1) is 10.5. The van der Waals surface area contributed by atoms with Gasteiger partial charge in [-0.1, -0.05) is 5.75 Å². The normalized spacial score (nSPS) is 16.3. The maximum Gasteiger partial charge on any atom is 0.339 e. The fraction of sp³-hybridized carbons (Fsp3) is 0.500. The molecule has 0 atom stereocenters. The number of nitrogens with one attached hydrogen (secondary N) is 1. The molecule has 118 valence electrons. The smallest absolute Gasteiger partial charge is 0.339 e. The van der Waals surface area contributed by atoms with Crippen LogP contribution in [-0.2, 0) is 6.54 Å². The highest BCUT2D eigenvalue weighted by Crippen LogP contribution is 2.30. The van der Waals surface area contributed by atoms with Gasteiger partial charge in [0.25, 0.3) is 0 Å². The van der Waals surface area contributed by atoms with Gasteiger partial charge in [0, 0.05) is 10.9 Å². The van der Waals surface area contributed by atoms with E-state index in [0.717, 1.165) is 36.1 Å². The van der Waals surface area contributed by atoms with Gasteiger partial charge in [0.05, 0.1) is 13.1 Å². The van der Waals surface area contributed by atoms with E-state index in [-0.39, 0.29) is 11.4 Å². The van der Waals surface area contributed by atoms with Gasteiger partial charge in [0.1, 0.15) is 12.1 Å². The molecule has 1 aliphatic heterocycles. The van der Waals surface area contributed by atoms with Crippen molar-refractivity contribution in [3.05, 3.63) is 38.7 Å². The molecule has 0 unspecified atom stereocenters. The molecular weight excluding hydrogens is 278 g/mol. The number of aryl methyl sites for hydroxylation is 2. The minimum absolute atomic E-state index is 0.0250. The van der Waals surface area contributed by atoms with Crippen LogP contribution in [-0.4, -0.2) is 13.1 Å². The predicted molar refractivity (Wildman–Crippen MR) is 84.4 cm³/mol. The molecule has 4 nitrogen and oxygen atoms in total. The van der Waals surface area contributed by atoms with Crippen LogP contribution in [0.5, 0.6) is 5.75 Å². The van der Waals surface area contributed by atoms with Crippen molar-refractivity contribution in [2.45, 2.75) is 46.6 Å². The van der Waals surface area contributed by atoms with Crippen LogP contribution in [0.4, 0.5) is 0 Å². The Hall–Kier alpha value is -1.81. The number of quaternary nitrogens is 1. The van der Waals surface area contributed by atoms with Gasteiger partial charge in [0.2, 0.25) is 0 Å². The Labute approximate surface area is 130 Å². The molecule has 0 aliphatic carbocycles. The van der Waals surface area contributed by atoms with E-state index in [1.807, 2.05) is 13.0 Å². The number of fused-ring (bicyclic) bond motifs is 1. The first-order valence-electron chi connectivity index (χ1n) is 8.06. The lowest BCUT2D eigenvalue weighted by molar-refractivity contribution is -0.918. The molecule has 1 aromatic carbocycles. The van der Waals surface area contributed by atoms with Crippen molar-refractivity contribution in [1.82, 2.24) is 0 Å². The van der Waals surface area contributed by atoms with Crippen LogP contribution in [0.1, 0.15) is 41.5 Å². The van der Waals surface area contributed by atoms with Gasteiger partial charge in [-0.05, 0) is 62.8 Å². The van der Waals surface area contributed by atoms with Gasteiger partial charge in [-0.15, -0.1) is 0 Å². The highest BCUT2D eigenvalue weighted by Gasteiger charge is 2.17. The van der Waals surface area contributed by atoms with Crippen LogP contribution < -0.4 is 15.6 Å². The van der Waals surface area contributed by atoms with E-state index in [1.54, 1.807) is 13.8 Å². The highest BCUT2D eigenvalue weighted by molar-refractivity contribution is 5.86. The lowest BCUT2D eigenvalue weighted by atomic mass is 9.99. The molecule has 0 radical (unpaired) electrons. The number of hydrogen-bond donors (Lipinski definition) is 1. The quantitative estimate of drug-likeness (QED) is 0.852. The van der Waals surface area contributed by atoms with Crippen LogP contribution in [0, 0.1) is 20.8 Å². The topological polar surface area (TPSA) is 57.7 Å². The third kappa shape index (κ3) is 2.52. The number of benzene rings is 1. The minimum atomic E-state index is -0.345. The SMILES string of the molecule is Cc1c(C)c2cc(C[NH+]3CCCCC3)c([O-])c(C)c2oc1=O. The van der Waals surface area contributed by atoms with Crippen molar-refractivity contribution in [2.75, 3.05) is 13.1 Å². The van der Waals surface area contributed by atoms with Crippen molar-refractivity contribution < 1.29 is 14.4 Å². The molecule has 0 bridgehead atoms. The second-order valence-electron chi connectivity index (χ2n) is 6.49. The first-order valence-corrected chi connectivity index (χ1v) is 8.06. The molecule has 2 aromatic rings. The van der Waals surface area contributed by atoms with Crippen LogP contribution in [0.25, 0.3) is 11.0 Å². The summed E-state index contributed by atoms with van der Waals surface area (Å²) >= 11 is 0. The minimum Gasteiger partial charge on any atom is -0.872 e. The number of rotatable bonds is 2. The average molecular weight is 301 g/mol. The summed E-state index contributed by atoms with van der Waals surface area (Å²) in [5, 5.41) is 13.5. The maximum atomic E-state index is 12.6. The first kappa shape index (κ1) is 15.1. The monoisotopic (exact) mass is 301 g/mol. The highest BCUT2D eigenvalue weighted by atomic mass is 16.4. The summed E-state index contributed by atoms with van der Waals surface area (Å²) in [5.41, 5.74) is 3.06. The van der Waals surface area contributed by atoms with Gasteiger partial charge >= 0.3 is 5.63 Å². The van der Waals surface area contributed by atoms with E-state index in [4.69, 9.17) is 4.42 Å². The third-order valence-electron chi connectivity index (χ3n) is 5.00. The van der Waals surface area contributed by atoms with Gasteiger partial charge in [0.15, 0.2) is 0 Å². The largest absolute Gasteiger partial charge is 0.872 e. The van der Waals surface area contributed by atoms with E-state index in [2.05, 4.69) is 0 Å². The molecule has 2 heterocycles. The fourth-order valence-corrected chi connectivity index (χ4v) is 3.41. The van der Waals surface area contributed by atoms with Crippen molar-refractivity contribution in [3.63, 3.8) is 0 Å². The van der Waals surface area contributed by atoms with Crippen LogP contribution in [0.15, 0.2) is 15.3 Å². The Morgan fingerprint density at radius 2 is 1.77 bits per heavy atom. The zero-order valence-corrected chi connectivity index (χ0v) is 13.5. The Kier molecular flexibility index (Phi) is 3.96. The number of hydrogen-bond acceptors (Lipinski definition) is 3. The van der Waals surface area contributed by atoms with E-state index in [0.29, 0.717) is 16.7 Å². The van der Waals surface area contributed by atoms with E-state index in [1.165, 1.54) is 24.2 Å². The van der Waals surface area contributed by atoms with Crippen LogP contribution in [0.3, 0.4) is 0 Å². The van der Waals surface area contributed by atoms with Gasteiger partial charge in [-0.25, -0.2) is 4.79 Å². The summed E-state index contributed by atoms with van der Waals surface area (Å²) in [6.45, 7) is 8.51. The van der Waals surface area contributed by atoms with Gasteiger partial charge < -0.3 is 14.4 Å². The zero-order valence-electron chi connectivity index (χ0n) is 13.5. The number of likely N-dealkylation sites (tertiary alicyclic amines) is 1. The third-order valence-corrected chi connectivity index (χ3v) is 5.00. The Balaban J connectivity index is 2.11. The molecule has 0 spiro atoms. The summed E-state index contributed by atoms with van der Waals surface area (Å²) in [5.74, 6) is 0.0250. The Bertz CT molecular complexity index is 770. The lowest BCUT2D eigenvalue weighted by Crippen LogP contribution is -3.11. The summed E-state index contributed by atoms with van der Waals surface area (Å²) in [4.78, 5) is 13.3. The summed E-state index contributed by atoms with van der Waals surface area (Å²) in [6, 6.07) is 1.94. The lowest BCUT2D eigenvalue weighted by Gasteiger charge is -2.26. The van der Waals surface area contributed by atoms with E-state index >= 15 is 0 Å². The summed E-state index contributed by atoms with van der Waals surface area (Å²) in [7, 11) is 0. The molecule has 22 heavy (non-hydrogen) atoms. The van der Waals surface area contributed by atoms with Gasteiger partial charge in [-0.3, -0.25) is 0 Å². The van der Waals surface area contributed by atoms with Gasteiger partial charge in [-0.2, -0.15) is 0 Å². The Morgan fingerprint density at radius 3 is 2.45 bits per heavy atom. The molecule has 1 aromatic heterocycles. The molecule has 1 aliphatic rings. The summed E-state index contributed by atoms with van der Waals surface area (Å²) < 4.78 is 5.37. The second kappa shape index (κ2) is 5.76. The molecule has 1 N–H and O–H groups in total. The van der Waals surface area contributed by atoms with Crippen LogP contribution in [0.2, 0.25) is 0 Å². The molecule has 1 fully saturated rings.